The van der Waals surface area contributed by atoms with E-state index in [1.165, 1.54) is 161 Å². The van der Waals surface area contributed by atoms with Crippen LogP contribution in [0.2, 0.25) is 0 Å². The molecule has 4 rings (SSSR count). The summed E-state index contributed by atoms with van der Waals surface area (Å²) >= 11 is 0. The number of allylic oxidation sites excluding steroid dienone is 2. The van der Waals surface area contributed by atoms with Gasteiger partial charge in [-0.15, -0.1) is 26.3 Å². The molecule has 0 aliphatic heterocycles. The van der Waals surface area contributed by atoms with Gasteiger partial charge in [0.05, 0.1) is 0 Å². The lowest BCUT2D eigenvalue weighted by Gasteiger charge is -2.59. The minimum Gasteiger partial charge on any atom is -0.106 e. The molecule has 4 aliphatic carbocycles. The molecule has 1 unspecified atom stereocenters. The Hall–Kier alpha value is -0.780. The standard InChI is InChI=1S/C43H78.2C2H4/c1-7-8-9-10-11-12-13-14-15-16-17-18-19-20-21-22-23-24-35(4)39-27-28-40-38-26-25-37-33-36(34(2)3)29-31-42(37,5)41(38)30-32-43(39,40)6;2*1-2/h25,34-36,38-41H,7-24,26-33H2,1-6H3;2*1-2H2/t35-,36+,38?,39-,40+,41+,42+,43-;;/m1../s1. The maximum atomic E-state index is 3.00. The van der Waals surface area contributed by atoms with Gasteiger partial charge in [-0.1, -0.05) is 169 Å². The quantitative estimate of drug-likeness (QED) is 0.0908. The van der Waals surface area contributed by atoms with Gasteiger partial charge in [0.15, 0.2) is 0 Å². The maximum absolute atomic E-state index is 3.00. The molecule has 4 aliphatic rings. The summed E-state index contributed by atoms with van der Waals surface area (Å²) in [6.45, 7) is 27.4. The molecule has 0 saturated heterocycles. The Morgan fingerprint density at radius 3 is 1.66 bits per heavy atom. The van der Waals surface area contributed by atoms with Gasteiger partial charge in [0, 0.05) is 0 Å². The van der Waals surface area contributed by atoms with Gasteiger partial charge < -0.3 is 0 Å². The third kappa shape index (κ3) is 11.9. The summed E-state index contributed by atoms with van der Waals surface area (Å²) in [5, 5.41) is 0. The third-order valence-electron chi connectivity index (χ3n) is 14.6. The Morgan fingerprint density at radius 2 is 1.15 bits per heavy atom. The Kier molecular flexibility index (Phi) is 20.6. The van der Waals surface area contributed by atoms with E-state index >= 15 is 0 Å². The second-order valence-electron chi connectivity index (χ2n) is 17.7. The van der Waals surface area contributed by atoms with Gasteiger partial charge in [0.2, 0.25) is 0 Å². The summed E-state index contributed by atoms with van der Waals surface area (Å²) in [6.07, 6.45) is 41.4. The second kappa shape index (κ2) is 22.8. The molecule has 0 N–H and O–H groups in total. The normalized spacial score (nSPS) is 31.7. The fraction of sp³-hybridized carbons (Fsp3) is 0.872. The van der Waals surface area contributed by atoms with Gasteiger partial charge in [-0.25, -0.2) is 0 Å². The molecule has 0 aromatic rings. The summed E-state index contributed by atoms with van der Waals surface area (Å²) in [5.74, 6) is 6.71. The maximum Gasteiger partial charge on any atom is -0.00851 e. The molecule has 0 heterocycles. The lowest BCUT2D eigenvalue weighted by Crippen LogP contribution is -2.50. The summed E-state index contributed by atoms with van der Waals surface area (Å²) < 4.78 is 0. The predicted octanol–water partition coefficient (Wildman–Crippen LogP) is 16.1. The van der Waals surface area contributed by atoms with E-state index in [9.17, 15) is 0 Å². The van der Waals surface area contributed by atoms with Crippen LogP contribution in [0.4, 0.5) is 0 Å². The van der Waals surface area contributed by atoms with Gasteiger partial charge in [-0.3, -0.25) is 0 Å². The van der Waals surface area contributed by atoms with E-state index in [0.29, 0.717) is 10.8 Å². The van der Waals surface area contributed by atoms with Crippen LogP contribution in [-0.4, -0.2) is 0 Å². The molecule has 0 heteroatoms. The van der Waals surface area contributed by atoms with E-state index in [2.05, 4.69) is 73.9 Å². The average molecular weight is 651 g/mol. The fourth-order valence-electron chi connectivity index (χ4n) is 11.6. The molecule has 3 saturated carbocycles. The zero-order valence-electron chi connectivity index (χ0n) is 33.3. The van der Waals surface area contributed by atoms with Crippen molar-refractivity contribution in [2.75, 3.05) is 0 Å². The third-order valence-corrected chi connectivity index (χ3v) is 14.6. The zero-order valence-corrected chi connectivity index (χ0v) is 33.3. The highest BCUT2D eigenvalue weighted by atomic mass is 14.6. The Morgan fingerprint density at radius 1 is 0.638 bits per heavy atom. The monoisotopic (exact) mass is 651 g/mol. The summed E-state index contributed by atoms with van der Waals surface area (Å²) in [4.78, 5) is 0. The Balaban J connectivity index is 0.00000185. The first-order valence-corrected chi connectivity index (χ1v) is 21.5. The van der Waals surface area contributed by atoms with Crippen molar-refractivity contribution in [3.05, 3.63) is 38.0 Å². The Labute approximate surface area is 297 Å². The van der Waals surface area contributed by atoms with Crippen LogP contribution in [0.1, 0.15) is 208 Å². The largest absolute Gasteiger partial charge is 0.106 e. The van der Waals surface area contributed by atoms with E-state index in [-0.39, 0.29) is 0 Å². The van der Waals surface area contributed by atoms with Gasteiger partial charge in [0.1, 0.15) is 0 Å². The van der Waals surface area contributed by atoms with Gasteiger partial charge >= 0.3 is 0 Å². The Bertz CT molecular complexity index is 833. The van der Waals surface area contributed by atoms with Crippen molar-refractivity contribution in [2.24, 2.45) is 52.3 Å². The number of hydrogen-bond donors (Lipinski definition) is 0. The molecular formula is C47H86. The molecule has 0 amide bonds. The molecule has 274 valence electrons. The molecule has 0 spiro atoms. The molecular weight excluding hydrogens is 565 g/mol. The first-order chi connectivity index (χ1) is 22.8. The van der Waals surface area contributed by atoms with Crippen molar-refractivity contribution in [3.8, 4) is 0 Å². The van der Waals surface area contributed by atoms with Crippen LogP contribution in [0, 0.1) is 52.3 Å². The van der Waals surface area contributed by atoms with Crippen molar-refractivity contribution >= 4 is 0 Å². The van der Waals surface area contributed by atoms with Crippen molar-refractivity contribution in [1.29, 1.82) is 0 Å². The van der Waals surface area contributed by atoms with Gasteiger partial charge in [0.25, 0.3) is 0 Å². The fourth-order valence-corrected chi connectivity index (χ4v) is 11.6. The van der Waals surface area contributed by atoms with E-state index in [1.807, 2.05) is 5.57 Å². The van der Waals surface area contributed by atoms with Crippen LogP contribution in [-0.2, 0) is 0 Å². The van der Waals surface area contributed by atoms with Crippen LogP contribution in [0.3, 0.4) is 0 Å². The van der Waals surface area contributed by atoms with Crippen molar-refractivity contribution in [2.45, 2.75) is 208 Å². The van der Waals surface area contributed by atoms with Crippen molar-refractivity contribution in [1.82, 2.24) is 0 Å². The highest BCUT2D eigenvalue weighted by Gasteiger charge is 2.59. The van der Waals surface area contributed by atoms with E-state index in [1.54, 1.807) is 6.42 Å². The van der Waals surface area contributed by atoms with Crippen LogP contribution in [0.15, 0.2) is 38.0 Å². The average Bonchev–Trinajstić information content (AvgIpc) is 3.44. The highest BCUT2D eigenvalue weighted by Crippen LogP contribution is 2.67. The summed E-state index contributed by atoms with van der Waals surface area (Å²) in [6, 6.07) is 0. The minimum atomic E-state index is 0.534. The summed E-state index contributed by atoms with van der Waals surface area (Å²) in [7, 11) is 0. The first-order valence-electron chi connectivity index (χ1n) is 21.5. The smallest absolute Gasteiger partial charge is 0.00851 e. The summed E-state index contributed by atoms with van der Waals surface area (Å²) in [5.41, 5.74) is 3.06. The molecule has 0 aromatic heterocycles. The van der Waals surface area contributed by atoms with Crippen LogP contribution >= 0.6 is 0 Å². The molecule has 8 atom stereocenters. The SMILES string of the molecule is C=C.C=C.CCCCCCCCCCCCCCCCCCC[C@@H](C)[C@H]1CC[C@H]2C3CC=C4C[C@@H](C(C)C)CC[C@]4(C)[C@H]3CC[C@]12C. The van der Waals surface area contributed by atoms with E-state index in [0.717, 1.165) is 41.4 Å². The molecule has 3 fully saturated rings. The van der Waals surface area contributed by atoms with Crippen molar-refractivity contribution in [3.63, 3.8) is 0 Å². The number of rotatable bonds is 20. The van der Waals surface area contributed by atoms with Crippen LogP contribution in [0.5, 0.6) is 0 Å². The lowest BCUT2D eigenvalue weighted by molar-refractivity contribution is -0.0538. The predicted molar refractivity (Wildman–Crippen MR) is 214 cm³/mol. The van der Waals surface area contributed by atoms with Gasteiger partial charge in [-0.2, -0.15) is 0 Å². The molecule has 0 bridgehead atoms. The number of unbranched alkanes of at least 4 members (excludes halogenated alkanes) is 16. The second-order valence-corrected chi connectivity index (χ2v) is 17.7. The minimum absolute atomic E-state index is 0.534. The van der Waals surface area contributed by atoms with Crippen LogP contribution in [0.25, 0.3) is 0 Å². The topological polar surface area (TPSA) is 0 Å². The number of hydrogen-bond acceptors (Lipinski definition) is 0. The number of fused-ring (bicyclic) bond motifs is 5. The molecule has 0 radical (unpaired) electrons. The first kappa shape index (κ1) is 42.4. The lowest BCUT2D eigenvalue weighted by atomic mass is 9.46. The highest BCUT2D eigenvalue weighted by molar-refractivity contribution is 5.25. The van der Waals surface area contributed by atoms with Gasteiger partial charge in [-0.05, 0) is 104 Å². The molecule has 0 aromatic carbocycles. The van der Waals surface area contributed by atoms with Crippen molar-refractivity contribution < 1.29 is 0 Å². The van der Waals surface area contributed by atoms with Crippen LogP contribution < -0.4 is 0 Å². The molecule has 47 heavy (non-hydrogen) atoms. The van der Waals surface area contributed by atoms with E-state index < -0.39 is 0 Å². The van der Waals surface area contributed by atoms with E-state index in [4.69, 9.17) is 0 Å². The zero-order chi connectivity index (χ0) is 34.7. The molecule has 0 nitrogen and oxygen atoms in total.